The van der Waals surface area contributed by atoms with Gasteiger partial charge in [-0.25, -0.2) is 0 Å². The molecule has 0 saturated heterocycles. The minimum Gasteiger partial charge on any atom is -0.395 e. The second-order valence-electron chi connectivity index (χ2n) is 3.20. The van der Waals surface area contributed by atoms with E-state index in [2.05, 4.69) is 30.3 Å². The Bertz CT molecular complexity index is 270. The monoisotopic (exact) mass is 197 g/mol. The molecule has 0 aliphatic heterocycles. The number of aliphatic hydroxyl groups is 1. The molecule has 0 amide bonds. The van der Waals surface area contributed by atoms with E-state index in [0.29, 0.717) is 6.54 Å². The Kier molecular flexibility index (Phi) is 4.62. The van der Waals surface area contributed by atoms with Crippen LogP contribution in [0.1, 0.15) is 25.2 Å². The summed E-state index contributed by atoms with van der Waals surface area (Å²) in [6, 6.07) is 2.12. The van der Waals surface area contributed by atoms with Gasteiger partial charge in [-0.3, -0.25) is 4.68 Å². The van der Waals surface area contributed by atoms with Gasteiger partial charge in [0.1, 0.15) is 0 Å². The van der Waals surface area contributed by atoms with Crippen LogP contribution in [-0.4, -0.2) is 28.0 Å². The van der Waals surface area contributed by atoms with Gasteiger partial charge in [0.15, 0.2) is 0 Å². The van der Waals surface area contributed by atoms with Crippen LogP contribution in [-0.2, 0) is 19.5 Å². The molecule has 2 N–H and O–H groups in total. The third-order valence-electron chi connectivity index (χ3n) is 2.17. The van der Waals surface area contributed by atoms with E-state index in [1.54, 1.807) is 0 Å². The van der Waals surface area contributed by atoms with Crippen molar-refractivity contribution < 1.29 is 5.11 Å². The van der Waals surface area contributed by atoms with Crippen molar-refractivity contribution in [3.63, 3.8) is 0 Å². The lowest BCUT2D eigenvalue weighted by Gasteiger charge is -2.04. The van der Waals surface area contributed by atoms with Crippen LogP contribution in [0.5, 0.6) is 0 Å². The van der Waals surface area contributed by atoms with E-state index in [4.69, 9.17) is 5.11 Å². The lowest BCUT2D eigenvalue weighted by molar-refractivity contribution is 0.291. The Balaban J connectivity index is 2.59. The van der Waals surface area contributed by atoms with Crippen molar-refractivity contribution in [1.29, 1.82) is 0 Å². The van der Waals surface area contributed by atoms with Crippen molar-refractivity contribution in [3.05, 3.63) is 17.5 Å². The molecule has 80 valence electrons. The van der Waals surface area contributed by atoms with Crippen LogP contribution in [0, 0.1) is 0 Å². The van der Waals surface area contributed by atoms with Crippen LogP contribution in [0.2, 0.25) is 0 Å². The number of aromatic nitrogens is 2. The number of rotatable bonds is 6. The van der Waals surface area contributed by atoms with Crippen molar-refractivity contribution in [3.8, 4) is 0 Å². The summed E-state index contributed by atoms with van der Waals surface area (Å²) >= 11 is 0. The molecule has 0 unspecified atom stereocenters. The van der Waals surface area contributed by atoms with Crippen LogP contribution in [0.4, 0.5) is 0 Å². The summed E-state index contributed by atoms with van der Waals surface area (Å²) in [6.07, 6.45) is 0.972. The minimum atomic E-state index is 0.181. The fourth-order valence-electron chi connectivity index (χ4n) is 1.40. The van der Waals surface area contributed by atoms with E-state index in [9.17, 15) is 0 Å². The van der Waals surface area contributed by atoms with Gasteiger partial charge in [0.05, 0.1) is 18.0 Å². The second kappa shape index (κ2) is 5.78. The number of aliphatic hydroxyl groups excluding tert-OH is 1. The van der Waals surface area contributed by atoms with E-state index in [1.165, 1.54) is 5.69 Å². The Morgan fingerprint density at radius 2 is 2.29 bits per heavy atom. The molecule has 0 fully saturated rings. The Morgan fingerprint density at radius 3 is 2.86 bits per heavy atom. The number of hydrogen-bond donors (Lipinski definition) is 2. The first-order valence-electron chi connectivity index (χ1n) is 5.19. The fourth-order valence-corrected chi connectivity index (χ4v) is 1.40. The van der Waals surface area contributed by atoms with Gasteiger partial charge in [-0.05, 0) is 19.4 Å². The van der Waals surface area contributed by atoms with Gasteiger partial charge in [0.25, 0.3) is 0 Å². The summed E-state index contributed by atoms with van der Waals surface area (Å²) in [5, 5.41) is 16.2. The second-order valence-corrected chi connectivity index (χ2v) is 3.20. The van der Waals surface area contributed by atoms with E-state index in [0.717, 1.165) is 25.2 Å². The molecule has 4 nitrogen and oxygen atoms in total. The zero-order valence-electron chi connectivity index (χ0n) is 8.95. The minimum absolute atomic E-state index is 0.181. The Labute approximate surface area is 84.9 Å². The summed E-state index contributed by atoms with van der Waals surface area (Å²) in [5.41, 5.74) is 2.32. The number of hydrogen-bond acceptors (Lipinski definition) is 3. The topological polar surface area (TPSA) is 50.1 Å². The van der Waals surface area contributed by atoms with Gasteiger partial charge >= 0.3 is 0 Å². The highest BCUT2D eigenvalue weighted by Crippen LogP contribution is 2.04. The van der Waals surface area contributed by atoms with E-state index in [1.807, 2.05) is 4.68 Å². The standard InChI is InChI=1S/C10H19N3O/c1-3-9-7-10(8-11-5-6-14)13(4-2)12-9/h7,11,14H,3-6,8H2,1-2H3. The molecule has 1 aromatic rings. The summed E-state index contributed by atoms with van der Waals surface area (Å²) in [6.45, 7) is 6.68. The van der Waals surface area contributed by atoms with Gasteiger partial charge in [0.2, 0.25) is 0 Å². The maximum absolute atomic E-state index is 8.64. The predicted molar refractivity (Wildman–Crippen MR) is 56.1 cm³/mol. The smallest absolute Gasteiger partial charge is 0.0625 e. The highest BCUT2D eigenvalue weighted by molar-refractivity contribution is 5.10. The first-order valence-corrected chi connectivity index (χ1v) is 5.19. The van der Waals surface area contributed by atoms with E-state index in [-0.39, 0.29) is 6.61 Å². The molecule has 0 aliphatic carbocycles. The van der Waals surface area contributed by atoms with Crippen LogP contribution in [0.3, 0.4) is 0 Å². The first kappa shape index (κ1) is 11.2. The summed E-state index contributed by atoms with van der Waals surface area (Å²) in [5.74, 6) is 0. The molecule has 1 heterocycles. The lowest BCUT2D eigenvalue weighted by Crippen LogP contribution is -2.19. The first-order chi connectivity index (χ1) is 6.81. The van der Waals surface area contributed by atoms with E-state index < -0.39 is 0 Å². The summed E-state index contributed by atoms with van der Waals surface area (Å²) in [7, 11) is 0. The van der Waals surface area contributed by atoms with Gasteiger partial charge in [-0.1, -0.05) is 6.92 Å². The number of aryl methyl sites for hydroxylation is 2. The molecule has 0 aliphatic rings. The predicted octanol–water partition coefficient (Wildman–Crippen LogP) is 0.547. The SMILES string of the molecule is CCc1cc(CNCCO)n(CC)n1. The molecule has 0 radical (unpaired) electrons. The molecule has 0 spiro atoms. The maximum Gasteiger partial charge on any atom is 0.0625 e. The van der Waals surface area contributed by atoms with Crippen LogP contribution in [0.25, 0.3) is 0 Å². The maximum atomic E-state index is 8.64. The Morgan fingerprint density at radius 1 is 1.50 bits per heavy atom. The summed E-state index contributed by atoms with van der Waals surface area (Å²) < 4.78 is 2.00. The van der Waals surface area contributed by atoms with E-state index >= 15 is 0 Å². The van der Waals surface area contributed by atoms with Gasteiger partial charge < -0.3 is 10.4 Å². The third kappa shape index (κ3) is 2.82. The number of nitrogens with zero attached hydrogens (tertiary/aromatic N) is 2. The highest BCUT2D eigenvalue weighted by atomic mass is 16.3. The third-order valence-corrected chi connectivity index (χ3v) is 2.17. The van der Waals surface area contributed by atoms with Crippen molar-refractivity contribution in [2.75, 3.05) is 13.2 Å². The van der Waals surface area contributed by atoms with Gasteiger partial charge in [-0.15, -0.1) is 0 Å². The quantitative estimate of drug-likeness (QED) is 0.655. The largest absolute Gasteiger partial charge is 0.395 e. The van der Waals surface area contributed by atoms with Gasteiger partial charge in [0, 0.05) is 19.6 Å². The van der Waals surface area contributed by atoms with Crippen molar-refractivity contribution in [2.45, 2.75) is 33.4 Å². The molecule has 0 aromatic carbocycles. The molecule has 4 heteroatoms. The normalized spacial score (nSPS) is 10.8. The average Bonchev–Trinajstić information content (AvgIpc) is 2.61. The highest BCUT2D eigenvalue weighted by Gasteiger charge is 2.04. The molecule has 0 saturated carbocycles. The van der Waals surface area contributed by atoms with Gasteiger partial charge in [-0.2, -0.15) is 5.10 Å². The van der Waals surface area contributed by atoms with Crippen LogP contribution < -0.4 is 5.32 Å². The lowest BCUT2D eigenvalue weighted by atomic mass is 10.3. The van der Waals surface area contributed by atoms with Crippen molar-refractivity contribution >= 4 is 0 Å². The fraction of sp³-hybridized carbons (Fsp3) is 0.700. The molecule has 14 heavy (non-hydrogen) atoms. The summed E-state index contributed by atoms with van der Waals surface area (Å²) in [4.78, 5) is 0. The van der Waals surface area contributed by atoms with Crippen molar-refractivity contribution in [1.82, 2.24) is 15.1 Å². The van der Waals surface area contributed by atoms with Crippen LogP contribution in [0.15, 0.2) is 6.07 Å². The molecule has 0 bridgehead atoms. The van der Waals surface area contributed by atoms with Crippen LogP contribution >= 0.6 is 0 Å². The molecular formula is C10H19N3O. The molecular weight excluding hydrogens is 178 g/mol. The Hall–Kier alpha value is -0.870. The zero-order valence-corrected chi connectivity index (χ0v) is 8.95. The molecule has 0 atom stereocenters. The number of nitrogens with one attached hydrogen (secondary N) is 1. The average molecular weight is 197 g/mol. The van der Waals surface area contributed by atoms with Crippen molar-refractivity contribution in [2.24, 2.45) is 0 Å². The zero-order chi connectivity index (χ0) is 10.4. The molecule has 1 rings (SSSR count). The molecule has 1 aromatic heterocycles.